The number of hydrogen-bond donors (Lipinski definition) is 2. The summed E-state index contributed by atoms with van der Waals surface area (Å²) < 4.78 is 0. The maximum atomic E-state index is 11.3. The number of carbonyl (C=O) groups excluding carboxylic acids is 1. The van der Waals surface area contributed by atoms with E-state index in [9.17, 15) is 4.79 Å². The molecule has 78 valence electrons. The fraction of sp³-hybridized carbons (Fsp3) is 0.727. The highest BCUT2D eigenvalue weighted by atomic mass is 16.2. The van der Waals surface area contributed by atoms with Crippen LogP contribution in [0.3, 0.4) is 0 Å². The van der Waals surface area contributed by atoms with Gasteiger partial charge in [0.1, 0.15) is 0 Å². The molecule has 0 spiro atoms. The molecule has 1 saturated carbocycles. The fourth-order valence-corrected chi connectivity index (χ4v) is 1.71. The molecular formula is C11H18N2O. The van der Waals surface area contributed by atoms with Crippen molar-refractivity contribution in [1.29, 1.82) is 0 Å². The van der Waals surface area contributed by atoms with Crippen LogP contribution in [0.2, 0.25) is 0 Å². The SMILES string of the molecule is O=C(CNC1C=CCCC1)NC1CC1. The molecule has 0 aromatic rings. The van der Waals surface area contributed by atoms with Crippen molar-refractivity contribution in [2.24, 2.45) is 0 Å². The van der Waals surface area contributed by atoms with Gasteiger partial charge >= 0.3 is 0 Å². The Balaban J connectivity index is 1.62. The van der Waals surface area contributed by atoms with Crippen LogP contribution in [0.15, 0.2) is 12.2 Å². The molecule has 2 aliphatic rings. The zero-order valence-electron chi connectivity index (χ0n) is 8.46. The van der Waals surface area contributed by atoms with Crippen LogP contribution in [-0.4, -0.2) is 24.5 Å². The summed E-state index contributed by atoms with van der Waals surface area (Å²) in [4.78, 5) is 11.3. The summed E-state index contributed by atoms with van der Waals surface area (Å²) in [5.41, 5.74) is 0. The maximum Gasteiger partial charge on any atom is 0.234 e. The molecule has 0 heterocycles. The van der Waals surface area contributed by atoms with Crippen LogP contribution in [0.25, 0.3) is 0 Å². The maximum absolute atomic E-state index is 11.3. The van der Waals surface area contributed by atoms with Crippen molar-refractivity contribution in [3.63, 3.8) is 0 Å². The zero-order valence-corrected chi connectivity index (χ0v) is 8.46. The lowest BCUT2D eigenvalue weighted by atomic mass is 10.0. The third-order valence-electron chi connectivity index (χ3n) is 2.72. The number of carbonyl (C=O) groups is 1. The lowest BCUT2D eigenvalue weighted by Gasteiger charge is -2.17. The molecule has 1 atom stereocenters. The van der Waals surface area contributed by atoms with E-state index < -0.39 is 0 Å². The van der Waals surface area contributed by atoms with E-state index in [4.69, 9.17) is 0 Å². The summed E-state index contributed by atoms with van der Waals surface area (Å²) in [7, 11) is 0. The molecule has 3 heteroatoms. The van der Waals surface area contributed by atoms with E-state index in [0.29, 0.717) is 18.6 Å². The van der Waals surface area contributed by atoms with E-state index in [0.717, 1.165) is 19.3 Å². The van der Waals surface area contributed by atoms with Crippen LogP contribution >= 0.6 is 0 Å². The third-order valence-corrected chi connectivity index (χ3v) is 2.72. The fourth-order valence-electron chi connectivity index (χ4n) is 1.71. The van der Waals surface area contributed by atoms with Crippen molar-refractivity contribution in [2.75, 3.05) is 6.54 Å². The topological polar surface area (TPSA) is 41.1 Å². The summed E-state index contributed by atoms with van der Waals surface area (Å²) in [5.74, 6) is 0.145. The Morgan fingerprint density at radius 3 is 2.86 bits per heavy atom. The summed E-state index contributed by atoms with van der Waals surface area (Å²) in [6, 6.07) is 0.889. The molecule has 3 nitrogen and oxygen atoms in total. The summed E-state index contributed by atoms with van der Waals surface area (Å²) >= 11 is 0. The molecular weight excluding hydrogens is 176 g/mol. The average Bonchev–Trinajstić information content (AvgIpc) is 3.00. The van der Waals surface area contributed by atoms with Gasteiger partial charge in [0.25, 0.3) is 0 Å². The number of allylic oxidation sites excluding steroid dienone is 1. The monoisotopic (exact) mass is 194 g/mol. The lowest BCUT2D eigenvalue weighted by Crippen LogP contribution is -2.39. The quantitative estimate of drug-likeness (QED) is 0.655. The van der Waals surface area contributed by atoms with Crippen LogP contribution in [-0.2, 0) is 4.79 Å². The van der Waals surface area contributed by atoms with Crippen molar-refractivity contribution < 1.29 is 4.79 Å². The van der Waals surface area contributed by atoms with Gasteiger partial charge in [-0.05, 0) is 32.1 Å². The molecule has 0 aliphatic heterocycles. The van der Waals surface area contributed by atoms with E-state index in [2.05, 4.69) is 22.8 Å². The molecule has 2 aliphatic carbocycles. The minimum absolute atomic E-state index is 0.145. The van der Waals surface area contributed by atoms with Crippen molar-refractivity contribution >= 4 is 5.91 Å². The Hall–Kier alpha value is -0.830. The molecule has 1 unspecified atom stereocenters. The van der Waals surface area contributed by atoms with Crippen molar-refractivity contribution in [1.82, 2.24) is 10.6 Å². The van der Waals surface area contributed by atoms with Crippen LogP contribution in [0.5, 0.6) is 0 Å². The van der Waals surface area contributed by atoms with Gasteiger partial charge in [-0.15, -0.1) is 0 Å². The van der Waals surface area contributed by atoms with E-state index in [1.165, 1.54) is 12.8 Å². The smallest absolute Gasteiger partial charge is 0.234 e. The average molecular weight is 194 g/mol. The van der Waals surface area contributed by atoms with Crippen LogP contribution in [0, 0.1) is 0 Å². The van der Waals surface area contributed by atoms with Crippen molar-refractivity contribution in [3.8, 4) is 0 Å². The van der Waals surface area contributed by atoms with Gasteiger partial charge in [-0.3, -0.25) is 4.79 Å². The Morgan fingerprint density at radius 1 is 1.36 bits per heavy atom. The lowest BCUT2D eigenvalue weighted by molar-refractivity contribution is -0.120. The number of amides is 1. The number of rotatable bonds is 4. The predicted molar refractivity (Wildman–Crippen MR) is 55.9 cm³/mol. The van der Waals surface area contributed by atoms with Gasteiger partial charge in [-0.25, -0.2) is 0 Å². The van der Waals surface area contributed by atoms with E-state index in [-0.39, 0.29) is 5.91 Å². The first-order chi connectivity index (χ1) is 6.84. The molecule has 2 rings (SSSR count). The van der Waals surface area contributed by atoms with Crippen molar-refractivity contribution in [3.05, 3.63) is 12.2 Å². The normalized spacial score (nSPS) is 26.1. The zero-order chi connectivity index (χ0) is 9.80. The van der Waals surface area contributed by atoms with Crippen LogP contribution < -0.4 is 10.6 Å². The molecule has 1 amide bonds. The third kappa shape index (κ3) is 3.14. The van der Waals surface area contributed by atoms with Gasteiger partial charge in [-0.1, -0.05) is 12.2 Å². The highest BCUT2D eigenvalue weighted by Gasteiger charge is 2.23. The first kappa shape index (κ1) is 9.71. The van der Waals surface area contributed by atoms with E-state index >= 15 is 0 Å². The van der Waals surface area contributed by atoms with Gasteiger partial charge < -0.3 is 10.6 Å². The Morgan fingerprint density at radius 2 is 2.21 bits per heavy atom. The Kier molecular flexibility index (Phi) is 3.19. The highest BCUT2D eigenvalue weighted by molar-refractivity contribution is 5.78. The second-order valence-electron chi connectivity index (χ2n) is 4.19. The van der Waals surface area contributed by atoms with Crippen molar-refractivity contribution in [2.45, 2.75) is 44.2 Å². The van der Waals surface area contributed by atoms with Gasteiger partial charge in [0.15, 0.2) is 0 Å². The number of hydrogen-bond acceptors (Lipinski definition) is 2. The van der Waals surface area contributed by atoms with E-state index in [1.54, 1.807) is 0 Å². The predicted octanol–water partition coefficient (Wildman–Crippen LogP) is 0.963. The van der Waals surface area contributed by atoms with Gasteiger partial charge in [0, 0.05) is 12.1 Å². The molecule has 14 heavy (non-hydrogen) atoms. The Bertz CT molecular complexity index is 233. The number of nitrogens with one attached hydrogen (secondary N) is 2. The largest absolute Gasteiger partial charge is 0.352 e. The first-order valence-electron chi connectivity index (χ1n) is 5.54. The van der Waals surface area contributed by atoms with E-state index in [1.807, 2.05) is 0 Å². The molecule has 2 N–H and O–H groups in total. The van der Waals surface area contributed by atoms with Gasteiger partial charge in [-0.2, -0.15) is 0 Å². The molecule has 0 bridgehead atoms. The molecule has 0 aromatic heterocycles. The minimum atomic E-state index is 0.145. The Labute approximate surface area is 84.9 Å². The molecule has 0 radical (unpaired) electrons. The summed E-state index contributed by atoms with van der Waals surface area (Å²) in [6.45, 7) is 0.464. The molecule has 0 aromatic carbocycles. The van der Waals surface area contributed by atoms with Gasteiger partial charge in [0.05, 0.1) is 6.54 Å². The molecule has 0 saturated heterocycles. The summed E-state index contributed by atoms with van der Waals surface area (Å²) in [6.07, 6.45) is 10.3. The standard InChI is InChI=1S/C11H18N2O/c14-11(13-10-6-7-10)8-12-9-4-2-1-3-5-9/h2,4,9-10,12H,1,3,5-8H2,(H,13,14). The van der Waals surface area contributed by atoms with Crippen LogP contribution in [0.1, 0.15) is 32.1 Å². The summed E-state index contributed by atoms with van der Waals surface area (Å²) in [5, 5.41) is 6.22. The second kappa shape index (κ2) is 4.60. The first-order valence-corrected chi connectivity index (χ1v) is 5.54. The van der Waals surface area contributed by atoms with Crippen LogP contribution in [0.4, 0.5) is 0 Å². The van der Waals surface area contributed by atoms with Gasteiger partial charge in [0.2, 0.25) is 5.91 Å². The second-order valence-corrected chi connectivity index (χ2v) is 4.19. The minimum Gasteiger partial charge on any atom is -0.352 e. The highest BCUT2D eigenvalue weighted by Crippen LogP contribution is 2.18. The molecule has 1 fully saturated rings.